The highest BCUT2D eigenvalue weighted by molar-refractivity contribution is 5.83. The predicted molar refractivity (Wildman–Crippen MR) is 54.4 cm³/mol. The van der Waals surface area contributed by atoms with Gasteiger partial charge in [-0.3, -0.25) is 0 Å². The first-order valence-corrected chi connectivity index (χ1v) is 4.56. The fourth-order valence-corrected chi connectivity index (χ4v) is 1.25. The Balaban J connectivity index is 2.54. The maximum absolute atomic E-state index is 9.04. The Morgan fingerprint density at radius 2 is 1.92 bits per heavy atom. The van der Waals surface area contributed by atoms with Crippen molar-refractivity contribution < 1.29 is 5.11 Å². The van der Waals surface area contributed by atoms with Gasteiger partial charge in [0, 0.05) is 12.1 Å². The van der Waals surface area contributed by atoms with Crippen molar-refractivity contribution in [1.82, 2.24) is 0 Å². The molecule has 2 N–H and O–H groups in total. The molecule has 0 saturated heterocycles. The average Bonchev–Trinajstić information content (AvgIpc) is 2.09. The van der Waals surface area contributed by atoms with Crippen molar-refractivity contribution in [2.45, 2.75) is 26.2 Å². The zero-order valence-corrected chi connectivity index (χ0v) is 7.88. The van der Waals surface area contributed by atoms with Crippen molar-refractivity contribution in [2.75, 3.05) is 0 Å². The molecule has 0 aliphatic rings. The Morgan fingerprint density at radius 3 is 2.46 bits per heavy atom. The lowest BCUT2D eigenvalue weighted by molar-refractivity contribution is 0.475. The van der Waals surface area contributed by atoms with Crippen molar-refractivity contribution in [1.29, 1.82) is 5.41 Å². The number of phenols is 1. The van der Waals surface area contributed by atoms with Gasteiger partial charge in [0.15, 0.2) is 0 Å². The molecule has 1 aromatic carbocycles. The van der Waals surface area contributed by atoms with Crippen LogP contribution in [-0.4, -0.2) is 10.8 Å². The summed E-state index contributed by atoms with van der Waals surface area (Å²) in [5.41, 5.74) is 1.85. The molecule has 0 aliphatic heterocycles. The molecule has 70 valence electrons. The summed E-state index contributed by atoms with van der Waals surface area (Å²) in [6.07, 6.45) is 2.59. The van der Waals surface area contributed by atoms with Crippen LogP contribution in [0.1, 0.15) is 25.3 Å². The van der Waals surface area contributed by atoms with E-state index in [-0.39, 0.29) is 5.75 Å². The lowest BCUT2D eigenvalue weighted by atomic mass is 10.1. The molecule has 1 rings (SSSR count). The molecule has 0 unspecified atom stereocenters. The van der Waals surface area contributed by atoms with E-state index >= 15 is 0 Å². The van der Waals surface area contributed by atoms with Gasteiger partial charge in [0.1, 0.15) is 5.75 Å². The largest absolute Gasteiger partial charge is 0.508 e. The summed E-state index contributed by atoms with van der Waals surface area (Å²) in [4.78, 5) is 0. The van der Waals surface area contributed by atoms with Gasteiger partial charge in [-0.25, -0.2) is 0 Å². The minimum atomic E-state index is 0.283. The van der Waals surface area contributed by atoms with E-state index in [1.54, 1.807) is 12.1 Å². The van der Waals surface area contributed by atoms with E-state index in [4.69, 9.17) is 10.5 Å². The van der Waals surface area contributed by atoms with Gasteiger partial charge in [0.25, 0.3) is 0 Å². The molecule has 0 atom stereocenters. The third kappa shape index (κ3) is 3.28. The van der Waals surface area contributed by atoms with Crippen LogP contribution < -0.4 is 0 Å². The van der Waals surface area contributed by atoms with Gasteiger partial charge in [-0.05, 0) is 24.1 Å². The summed E-state index contributed by atoms with van der Waals surface area (Å²) in [7, 11) is 0. The van der Waals surface area contributed by atoms with Gasteiger partial charge in [-0.2, -0.15) is 0 Å². The number of hydrogen-bond acceptors (Lipinski definition) is 2. The van der Waals surface area contributed by atoms with Crippen LogP contribution in [0.2, 0.25) is 0 Å². The number of rotatable bonds is 4. The fraction of sp³-hybridized carbons (Fsp3) is 0.364. The second-order valence-electron chi connectivity index (χ2n) is 3.20. The monoisotopic (exact) mass is 177 g/mol. The van der Waals surface area contributed by atoms with Crippen molar-refractivity contribution in [3.8, 4) is 5.75 Å². The smallest absolute Gasteiger partial charge is 0.115 e. The SMILES string of the molecule is CCCC(=N)Cc1ccc(O)cc1. The molecule has 0 fully saturated rings. The summed E-state index contributed by atoms with van der Waals surface area (Å²) < 4.78 is 0. The van der Waals surface area contributed by atoms with E-state index in [0.29, 0.717) is 6.42 Å². The van der Waals surface area contributed by atoms with E-state index < -0.39 is 0 Å². The third-order valence-corrected chi connectivity index (χ3v) is 1.91. The molecule has 0 radical (unpaired) electrons. The van der Waals surface area contributed by atoms with Gasteiger partial charge in [0.05, 0.1) is 0 Å². The quantitative estimate of drug-likeness (QED) is 0.682. The molecule has 0 saturated carbocycles. The van der Waals surface area contributed by atoms with Gasteiger partial charge in [-0.15, -0.1) is 0 Å². The molecular formula is C11H15NO. The van der Waals surface area contributed by atoms with E-state index in [1.807, 2.05) is 12.1 Å². The van der Waals surface area contributed by atoms with Crippen LogP contribution in [0.25, 0.3) is 0 Å². The first-order valence-electron chi connectivity index (χ1n) is 4.56. The van der Waals surface area contributed by atoms with Crippen LogP contribution in [0.3, 0.4) is 0 Å². The van der Waals surface area contributed by atoms with Crippen molar-refractivity contribution in [3.05, 3.63) is 29.8 Å². The fourth-order valence-electron chi connectivity index (χ4n) is 1.25. The Kier molecular flexibility index (Phi) is 3.50. The molecule has 0 spiro atoms. The zero-order chi connectivity index (χ0) is 9.68. The van der Waals surface area contributed by atoms with Crippen LogP contribution in [0.15, 0.2) is 24.3 Å². The highest BCUT2D eigenvalue weighted by atomic mass is 16.3. The van der Waals surface area contributed by atoms with E-state index in [2.05, 4.69) is 6.92 Å². The van der Waals surface area contributed by atoms with E-state index in [9.17, 15) is 0 Å². The van der Waals surface area contributed by atoms with Gasteiger partial charge < -0.3 is 10.5 Å². The topological polar surface area (TPSA) is 44.1 Å². The molecule has 2 nitrogen and oxygen atoms in total. The van der Waals surface area contributed by atoms with Crippen LogP contribution in [0, 0.1) is 5.41 Å². The Labute approximate surface area is 78.7 Å². The number of aromatic hydroxyl groups is 1. The van der Waals surface area contributed by atoms with Gasteiger partial charge >= 0.3 is 0 Å². The van der Waals surface area contributed by atoms with Crippen molar-refractivity contribution >= 4 is 5.71 Å². The van der Waals surface area contributed by atoms with Crippen molar-refractivity contribution in [3.63, 3.8) is 0 Å². The maximum atomic E-state index is 9.04. The highest BCUT2D eigenvalue weighted by Gasteiger charge is 1.98. The first kappa shape index (κ1) is 9.78. The third-order valence-electron chi connectivity index (χ3n) is 1.91. The zero-order valence-electron chi connectivity index (χ0n) is 7.88. The molecule has 2 heteroatoms. The van der Waals surface area contributed by atoms with Crippen LogP contribution >= 0.6 is 0 Å². The number of hydrogen-bond donors (Lipinski definition) is 2. The minimum absolute atomic E-state index is 0.283. The van der Waals surface area contributed by atoms with Gasteiger partial charge in [0.2, 0.25) is 0 Å². The summed E-state index contributed by atoms with van der Waals surface area (Å²) >= 11 is 0. The lowest BCUT2D eigenvalue weighted by Crippen LogP contribution is -2.00. The maximum Gasteiger partial charge on any atom is 0.115 e. The molecule has 0 heterocycles. The summed E-state index contributed by atoms with van der Waals surface area (Å²) in [5, 5.41) is 16.7. The van der Waals surface area contributed by atoms with Crippen molar-refractivity contribution in [2.24, 2.45) is 0 Å². The molecule has 0 aliphatic carbocycles. The molecule has 0 amide bonds. The second-order valence-corrected chi connectivity index (χ2v) is 3.20. The number of benzene rings is 1. The normalized spacial score (nSPS) is 9.92. The van der Waals surface area contributed by atoms with Crippen LogP contribution in [0.5, 0.6) is 5.75 Å². The Hall–Kier alpha value is -1.31. The summed E-state index contributed by atoms with van der Waals surface area (Å²) in [6.45, 7) is 2.07. The number of nitrogens with one attached hydrogen (secondary N) is 1. The van der Waals surface area contributed by atoms with Gasteiger partial charge in [-0.1, -0.05) is 25.5 Å². The highest BCUT2D eigenvalue weighted by Crippen LogP contribution is 2.11. The number of phenolic OH excluding ortho intramolecular Hbond substituents is 1. The molecule has 0 aromatic heterocycles. The molecule has 1 aromatic rings. The predicted octanol–water partition coefficient (Wildman–Crippen LogP) is 2.75. The lowest BCUT2D eigenvalue weighted by Gasteiger charge is -2.02. The average molecular weight is 177 g/mol. The van der Waals surface area contributed by atoms with E-state index in [0.717, 1.165) is 24.1 Å². The molecule has 0 bridgehead atoms. The Morgan fingerprint density at radius 1 is 1.31 bits per heavy atom. The Bertz CT molecular complexity index is 277. The standard InChI is InChI=1S/C11H15NO/c1-2-3-10(12)8-9-4-6-11(13)7-5-9/h4-7,12-13H,2-3,8H2,1H3. The van der Waals surface area contributed by atoms with E-state index in [1.165, 1.54) is 0 Å². The molecular weight excluding hydrogens is 162 g/mol. The second kappa shape index (κ2) is 4.65. The first-order chi connectivity index (χ1) is 6.22. The minimum Gasteiger partial charge on any atom is -0.508 e. The summed E-state index contributed by atoms with van der Waals surface area (Å²) in [5.74, 6) is 0.283. The molecule has 13 heavy (non-hydrogen) atoms. The van der Waals surface area contributed by atoms with Crippen LogP contribution in [-0.2, 0) is 6.42 Å². The summed E-state index contributed by atoms with van der Waals surface area (Å²) in [6, 6.07) is 7.04. The van der Waals surface area contributed by atoms with Crippen LogP contribution in [0.4, 0.5) is 0 Å².